The summed E-state index contributed by atoms with van der Waals surface area (Å²) in [6.45, 7) is 17.4. The molecule has 0 aliphatic carbocycles. The molecule has 0 radical (unpaired) electrons. The van der Waals surface area contributed by atoms with Crippen molar-refractivity contribution in [1.82, 2.24) is 15.1 Å². The monoisotopic (exact) mass is 225 g/mol. The van der Waals surface area contributed by atoms with Gasteiger partial charge >= 0.3 is 0 Å². The third kappa shape index (κ3) is 5.64. The van der Waals surface area contributed by atoms with Gasteiger partial charge in [-0.3, -0.25) is 4.90 Å². The zero-order valence-electron chi connectivity index (χ0n) is 11.3. The summed E-state index contributed by atoms with van der Waals surface area (Å²) in [6, 6.07) is 0. The predicted octanol–water partition coefficient (Wildman–Crippen LogP) is 1.18. The molecule has 1 fully saturated rings. The van der Waals surface area contributed by atoms with E-state index < -0.39 is 0 Å². The van der Waals surface area contributed by atoms with Crippen molar-refractivity contribution in [2.24, 2.45) is 0 Å². The highest BCUT2D eigenvalue weighted by atomic mass is 15.2. The lowest BCUT2D eigenvalue weighted by Crippen LogP contribution is -2.46. The Morgan fingerprint density at radius 1 is 1.19 bits per heavy atom. The van der Waals surface area contributed by atoms with Crippen LogP contribution in [0.5, 0.6) is 0 Å². The zero-order valence-corrected chi connectivity index (χ0v) is 11.3. The van der Waals surface area contributed by atoms with Crippen molar-refractivity contribution < 1.29 is 0 Å². The summed E-state index contributed by atoms with van der Waals surface area (Å²) in [5.74, 6) is 0. The SMILES string of the molecule is C=C(CNC(C)(C)C)CN1CCN(C)CC1. The molecule has 16 heavy (non-hydrogen) atoms. The molecule has 0 amide bonds. The normalized spacial score (nSPS) is 20.0. The van der Waals surface area contributed by atoms with Gasteiger partial charge in [-0.2, -0.15) is 0 Å². The molecule has 1 saturated heterocycles. The molecule has 0 aromatic rings. The fraction of sp³-hybridized carbons (Fsp3) is 0.846. The maximum Gasteiger partial charge on any atom is 0.0203 e. The summed E-state index contributed by atoms with van der Waals surface area (Å²) in [7, 11) is 2.19. The van der Waals surface area contributed by atoms with Crippen LogP contribution in [-0.4, -0.2) is 61.7 Å². The summed E-state index contributed by atoms with van der Waals surface area (Å²) in [5.41, 5.74) is 1.48. The molecule has 3 heteroatoms. The van der Waals surface area contributed by atoms with E-state index in [9.17, 15) is 0 Å². The van der Waals surface area contributed by atoms with E-state index in [0.717, 1.165) is 13.1 Å². The molecule has 0 aromatic heterocycles. The minimum absolute atomic E-state index is 0.186. The summed E-state index contributed by atoms with van der Waals surface area (Å²) >= 11 is 0. The van der Waals surface area contributed by atoms with Crippen LogP contribution >= 0.6 is 0 Å². The van der Waals surface area contributed by atoms with Gasteiger partial charge in [-0.05, 0) is 33.4 Å². The number of nitrogens with one attached hydrogen (secondary N) is 1. The number of nitrogens with zero attached hydrogens (tertiary/aromatic N) is 2. The fourth-order valence-corrected chi connectivity index (χ4v) is 1.77. The molecular formula is C13H27N3. The number of hydrogen-bond acceptors (Lipinski definition) is 3. The Hall–Kier alpha value is -0.380. The van der Waals surface area contributed by atoms with Gasteiger partial charge in [-0.15, -0.1) is 0 Å². The zero-order chi connectivity index (χ0) is 12.2. The molecule has 1 aliphatic heterocycles. The molecule has 0 aromatic carbocycles. The maximum absolute atomic E-state index is 4.15. The van der Waals surface area contributed by atoms with Gasteiger partial charge < -0.3 is 10.2 Å². The lowest BCUT2D eigenvalue weighted by atomic mass is 10.1. The highest BCUT2D eigenvalue weighted by Crippen LogP contribution is 2.04. The van der Waals surface area contributed by atoms with Crippen LogP contribution in [0.3, 0.4) is 0 Å². The quantitative estimate of drug-likeness (QED) is 0.725. The third-order valence-electron chi connectivity index (χ3n) is 2.91. The van der Waals surface area contributed by atoms with Gasteiger partial charge in [0.15, 0.2) is 0 Å². The standard InChI is InChI=1S/C13H27N3/c1-12(10-14-13(2,3)4)11-16-8-6-15(5)7-9-16/h14H,1,6-11H2,2-5H3. The van der Waals surface area contributed by atoms with E-state index in [1.165, 1.54) is 31.8 Å². The van der Waals surface area contributed by atoms with Crippen molar-refractivity contribution in [2.45, 2.75) is 26.3 Å². The molecular weight excluding hydrogens is 198 g/mol. The van der Waals surface area contributed by atoms with Crippen LogP contribution in [0.1, 0.15) is 20.8 Å². The van der Waals surface area contributed by atoms with E-state index in [2.05, 4.69) is 49.5 Å². The van der Waals surface area contributed by atoms with Crippen LogP contribution in [0.25, 0.3) is 0 Å². The van der Waals surface area contributed by atoms with E-state index in [1.807, 2.05) is 0 Å². The summed E-state index contributed by atoms with van der Waals surface area (Å²) in [6.07, 6.45) is 0. The molecule has 1 N–H and O–H groups in total. The number of hydrogen-bond donors (Lipinski definition) is 1. The molecule has 0 saturated carbocycles. The Labute approximate surface area is 100 Å². The summed E-state index contributed by atoms with van der Waals surface area (Å²) in [4.78, 5) is 4.87. The van der Waals surface area contributed by atoms with Gasteiger partial charge in [0.1, 0.15) is 0 Å². The van der Waals surface area contributed by atoms with E-state index in [-0.39, 0.29) is 5.54 Å². The van der Waals surface area contributed by atoms with Gasteiger partial charge in [0.05, 0.1) is 0 Å². The molecule has 0 spiro atoms. The minimum Gasteiger partial charge on any atom is -0.308 e. The fourth-order valence-electron chi connectivity index (χ4n) is 1.77. The first-order valence-electron chi connectivity index (χ1n) is 6.19. The second-order valence-electron chi connectivity index (χ2n) is 5.93. The number of piperazine rings is 1. The van der Waals surface area contributed by atoms with E-state index in [1.54, 1.807) is 0 Å². The second kappa shape index (κ2) is 5.80. The summed E-state index contributed by atoms with van der Waals surface area (Å²) < 4.78 is 0. The van der Waals surface area contributed by atoms with Crippen molar-refractivity contribution in [2.75, 3.05) is 46.3 Å². The Morgan fingerprint density at radius 3 is 2.25 bits per heavy atom. The molecule has 1 heterocycles. The van der Waals surface area contributed by atoms with Crippen molar-refractivity contribution in [3.8, 4) is 0 Å². The van der Waals surface area contributed by atoms with Crippen molar-refractivity contribution in [1.29, 1.82) is 0 Å². The van der Waals surface area contributed by atoms with Gasteiger partial charge in [0.25, 0.3) is 0 Å². The smallest absolute Gasteiger partial charge is 0.0203 e. The minimum atomic E-state index is 0.186. The lowest BCUT2D eigenvalue weighted by Gasteiger charge is -2.33. The van der Waals surface area contributed by atoms with E-state index in [0.29, 0.717) is 0 Å². The average molecular weight is 225 g/mol. The van der Waals surface area contributed by atoms with Crippen LogP contribution in [0.15, 0.2) is 12.2 Å². The maximum atomic E-state index is 4.15. The van der Waals surface area contributed by atoms with E-state index >= 15 is 0 Å². The number of likely N-dealkylation sites (N-methyl/N-ethyl adjacent to an activating group) is 1. The summed E-state index contributed by atoms with van der Waals surface area (Å²) in [5, 5.41) is 3.48. The van der Waals surface area contributed by atoms with E-state index in [4.69, 9.17) is 0 Å². The first-order chi connectivity index (χ1) is 7.37. The molecule has 0 unspecified atom stereocenters. The van der Waals surface area contributed by atoms with Crippen molar-refractivity contribution in [3.05, 3.63) is 12.2 Å². The van der Waals surface area contributed by atoms with Gasteiger partial charge in [0.2, 0.25) is 0 Å². The molecule has 94 valence electrons. The highest BCUT2D eigenvalue weighted by molar-refractivity contribution is 5.01. The third-order valence-corrected chi connectivity index (χ3v) is 2.91. The van der Waals surface area contributed by atoms with Gasteiger partial charge in [-0.25, -0.2) is 0 Å². The first kappa shape index (κ1) is 13.7. The van der Waals surface area contributed by atoms with Crippen LogP contribution in [-0.2, 0) is 0 Å². The van der Waals surface area contributed by atoms with Gasteiger partial charge in [-0.1, -0.05) is 6.58 Å². The van der Waals surface area contributed by atoms with Crippen LogP contribution in [0.4, 0.5) is 0 Å². The Balaban J connectivity index is 2.19. The van der Waals surface area contributed by atoms with Crippen molar-refractivity contribution >= 4 is 0 Å². The topological polar surface area (TPSA) is 18.5 Å². The predicted molar refractivity (Wildman–Crippen MR) is 70.8 cm³/mol. The van der Waals surface area contributed by atoms with Gasteiger partial charge in [0, 0.05) is 44.8 Å². The molecule has 1 rings (SSSR count). The van der Waals surface area contributed by atoms with Crippen LogP contribution in [0, 0.1) is 0 Å². The highest BCUT2D eigenvalue weighted by Gasteiger charge is 2.15. The largest absolute Gasteiger partial charge is 0.308 e. The Morgan fingerprint density at radius 2 is 1.75 bits per heavy atom. The molecule has 0 bridgehead atoms. The second-order valence-corrected chi connectivity index (χ2v) is 5.93. The van der Waals surface area contributed by atoms with Crippen molar-refractivity contribution in [3.63, 3.8) is 0 Å². The van der Waals surface area contributed by atoms with Crippen LogP contribution in [0.2, 0.25) is 0 Å². The first-order valence-corrected chi connectivity index (χ1v) is 6.19. The Kier molecular flexibility index (Phi) is 4.96. The lowest BCUT2D eigenvalue weighted by molar-refractivity contribution is 0.163. The molecule has 0 atom stereocenters. The molecule has 1 aliphatic rings. The number of rotatable bonds is 4. The van der Waals surface area contributed by atoms with Crippen LogP contribution < -0.4 is 5.32 Å². The molecule has 3 nitrogen and oxygen atoms in total. The average Bonchev–Trinajstić information content (AvgIpc) is 2.18. The Bertz CT molecular complexity index is 222.